The Kier molecular flexibility index (Phi) is 3.92. The first-order valence-electron chi connectivity index (χ1n) is 7.77. The summed E-state index contributed by atoms with van der Waals surface area (Å²) in [5.41, 5.74) is 2.60. The van der Waals surface area contributed by atoms with Gasteiger partial charge in [0.2, 0.25) is 5.89 Å². The van der Waals surface area contributed by atoms with Gasteiger partial charge >= 0.3 is 0 Å². The van der Waals surface area contributed by atoms with Crippen LogP contribution in [0.5, 0.6) is 5.75 Å². The SMILES string of the molecule is COc1c(-c2nnc(Cc3ccc(F)cc3)o2)ccc2[nH]c(C=O)nc12. The number of hydrogen-bond donors (Lipinski definition) is 1. The Labute approximate surface area is 146 Å². The number of imidazole rings is 1. The number of ether oxygens (including phenoxy) is 1. The molecule has 0 unspecified atom stereocenters. The van der Waals surface area contributed by atoms with Crippen LogP contribution >= 0.6 is 0 Å². The molecular weight excluding hydrogens is 339 g/mol. The monoisotopic (exact) mass is 352 g/mol. The standard InChI is InChI=1S/C18H13FN4O3/c1-25-17-12(6-7-13-16(17)21-14(9-24)20-13)18-23-22-15(26-18)8-10-2-4-11(19)5-3-10/h2-7,9H,8H2,1H3,(H,20,21). The van der Waals surface area contributed by atoms with Crippen molar-refractivity contribution >= 4 is 17.3 Å². The lowest BCUT2D eigenvalue weighted by atomic mass is 10.1. The second-order valence-electron chi connectivity index (χ2n) is 5.59. The fraction of sp³-hybridized carbons (Fsp3) is 0.111. The Morgan fingerprint density at radius 1 is 1.19 bits per heavy atom. The topological polar surface area (TPSA) is 93.9 Å². The number of aromatic nitrogens is 4. The van der Waals surface area contributed by atoms with Crippen molar-refractivity contribution < 1.29 is 18.3 Å². The molecule has 1 N–H and O–H groups in total. The number of nitrogens with one attached hydrogen (secondary N) is 1. The average Bonchev–Trinajstić information content (AvgIpc) is 3.29. The van der Waals surface area contributed by atoms with E-state index in [2.05, 4.69) is 20.2 Å². The predicted octanol–water partition coefficient (Wildman–Crippen LogP) is 3.16. The Morgan fingerprint density at radius 2 is 2.00 bits per heavy atom. The van der Waals surface area contributed by atoms with E-state index in [1.807, 2.05) is 0 Å². The van der Waals surface area contributed by atoms with Crippen LogP contribution in [0.25, 0.3) is 22.5 Å². The molecule has 0 amide bonds. The molecule has 4 rings (SSSR count). The molecule has 26 heavy (non-hydrogen) atoms. The van der Waals surface area contributed by atoms with Crippen LogP contribution in [0.4, 0.5) is 4.39 Å². The summed E-state index contributed by atoms with van der Waals surface area (Å²) in [5, 5.41) is 8.10. The second-order valence-corrected chi connectivity index (χ2v) is 5.59. The van der Waals surface area contributed by atoms with Crippen molar-refractivity contribution in [2.45, 2.75) is 6.42 Å². The van der Waals surface area contributed by atoms with Gasteiger partial charge in [-0.15, -0.1) is 10.2 Å². The van der Waals surface area contributed by atoms with Gasteiger partial charge in [-0.3, -0.25) is 4.79 Å². The van der Waals surface area contributed by atoms with Crippen molar-refractivity contribution in [3.8, 4) is 17.2 Å². The van der Waals surface area contributed by atoms with Crippen LogP contribution < -0.4 is 4.74 Å². The molecule has 0 aliphatic carbocycles. The van der Waals surface area contributed by atoms with Crippen molar-refractivity contribution in [2.75, 3.05) is 7.11 Å². The van der Waals surface area contributed by atoms with Crippen LogP contribution in [0, 0.1) is 5.82 Å². The lowest BCUT2D eigenvalue weighted by Crippen LogP contribution is -1.90. The first kappa shape index (κ1) is 15.9. The number of H-pyrrole nitrogens is 1. The molecule has 0 saturated carbocycles. The molecule has 0 aliphatic rings. The average molecular weight is 352 g/mol. The summed E-state index contributed by atoms with van der Waals surface area (Å²) in [4.78, 5) is 18.0. The molecule has 0 aliphatic heterocycles. The van der Waals surface area contributed by atoms with Crippen LogP contribution in [-0.2, 0) is 6.42 Å². The third kappa shape index (κ3) is 2.81. The molecule has 0 saturated heterocycles. The van der Waals surface area contributed by atoms with Gasteiger partial charge in [0.1, 0.15) is 11.3 Å². The number of carbonyl (C=O) groups is 1. The van der Waals surface area contributed by atoms with Gasteiger partial charge in [0.05, 0.1) is 24.6 Å². The lowest BCUT2D eigenvalue weighted by molar-refractivity contribution is 0.111. The molecule has 0 bridgehead atoms. The van der Waals surface area contributed by atoms with E-state index in [1.165, 1.54) is 19.2 Å². The second kappa shape index (κ2) is 6.40. The maximum absolute atomic E-state index is 13.0. The number of fused-ring (bicyclic) bond motifs is 1. The van der Waals surface area contributed by atoms with E-state index >= 15 is 0 Å². The quantitative estimate of drug-likeness (QED) is 0.555. The van der Waals surface area contributed by atoms with E-state index in [9.17, 15) is 9.18 Å². The minimum Gasteiger partial charge on any atom is -0.494 e. The third-order valence-corrected chi connectivity index (χ3v) is 3.91. The molecule has 0 radical (unpaired) electrons. The lowest BCUT2D eigenvalue weighted by Gasteiger charge is -2.05. The van der Waals surface area contributed by atoms with Crippen LogP contribution in [0.1, 0.15) is 22.1 Å². The van der Waals surface area contributed by atoms with Gasteiger partial charge in [-0.25, -0.2) is 9.37 Å². The summed E-state index contributed by atoms with van der Waals surface area (Å²) in [7, 11) is 1.50. The van der Waals surface area contributed by atoms with Gasteiger partial charge in [0.15, 0.2) is 17.9 Å². The van der Waals surface area contributed by atoms with Crippen molar-refractivity contribution in [1.82, 2.24) is 20.2 Å². The maximum Gasteiger partial charge on any atom is 0.251 e. The molecule has 7 nitrogen and oxygen atoms in total. The van der Waals surface area contributed by atoms with E-state index in [-0.39, 0.29) is 17.5 Å². The molecule has 0 atom stereocenters. The van der Waals surface area contributed by atoms with Crippen LogP contribution in [0.3, 0.4) is 0 Å². The number of methoxy groups -OCH3 is 1. The fourth-order valence-corrected chi connectivity index (χ4v) is 2.71. The third-order valence-electron chi connectivity index (χ3n) is 3.91. The highest BCUT2D eigenvalue weighted by Gasteiger charge is 2.18. The van der Waals surface area contributed by atoms with Crippen molar-refractivity contribution in [1.29, 1.82) is 0 Å². The Bertz CT molecular complexity index is 1090. The predicted molar refractivity (Wildman–Crippen MR) is 90.5 cm³/mol. The first-order chi connectivity index (χ1) is 12.7. The summed E-state index contributed by atoms with van der Waals surface area (Å²) in [6.07, 6.45) is 1.02. The highest BCUT2D eigenvalue weighted by Crippen LogP contribution is 2.35. The number of aromatic amines is 1. The first-order valence-corrected chi connectivity index (χ1v) is 7.77. The maximum atomic E-state index is 13.0. The number of rotatable bonds is 5. The van der Waals surface area contributed by atoms with Crippen molar-refractivity contribution in [2.24, 2.45) is 0 Å². The zero-order chi connectivity index (χ0) is 18.1. The summed E-state index contributed by atoms with van der Waals surface area (Å²) in [6, 6.07) is 9.60. The van der Waals surface area contributed by atoms with E-state index in [1.54, 1.807) is 24.3 Å². The number of nitrogens with zero attached hydrogens (tertiary/aromatic N) is 3. The van der Waals surface area contributed by atoms with Gasteiger partial charge in [-0.1, -0.05) is 12.1 Å². The molecule has 2 heterocycles. The van der Waals surface area contributed by atoms with E-state index in [0.717, 1.165) is 5.56 Å². The summed E-state index contributed by atoms with van der Waals surface area (Å²) >= 11 is 0. The Balaban J connectivity index is 1.70. The highest BCUT2D eigenvalue weighted by molar-refractivity contribution is 5.91. The van der Waals surface area contributed by atoms with Crippen molar-refractivity contribution in [3.05, 3.63) is 59.5 Å². The van der Waals surface area contributed by atoms with Gasteiger partial charge in [0.25, 0.3) is 5.89 Å². The highest BCUT2D eigenvalue weighted by atomic mass is 19.1. The summed E-state index contributed by atoms with van der Waals surface area (Å²) in [5.74, 6) is 1.01. The van der Waals surface area contributed by atoms with E-state index < -0.39 is 0 Å². The molecule has 2 aromatic heterocycles. The molecule has 0 spiro atoms. The van der Waals surface area contributed by atoms with E-state index in [0.29, 0.717) is 40.9 Å². The Morgan fingerprint density at radius 3 is 2.73 bits per heavy atom. The minimum atomic E-state index is -0.299. The van der Waals surface area contributed by atoms with Crippen molar-refractivity contribution in [3.63, 3.8) is 0 Å². The Hall–Kier alpha value is -3.55. The molecule has 4 aromatic rings. The number of aldehydes is 1. The zero-order valence-corrected chi connectivity index (χ0v) is 13.7. The van der Waals surface area contributed by atoms with Gasteiger partial charge in [-0.2, -0.15) is 0 Å². The molecule has 8 heteroatoms. The van der Waals surface area contributed by atoms with E-state index in [4.69, 9.17) is 9.15 Å². The molecule has 130 valence electrons. The number of carbonyl (C=O) groups excluding carboxylic acids is 1. The largest absolute Gasteiger partial charge is 0.494 e. The summed E-state index contributed by atoms with van der Waals surface area (Å²) in [6.45, 7) is 0. The van der Waals surface area contributed by atoms with Gasteiger partial charge in [-0.05, 0) is 29.8 Å². The number of hydrogen-bond acceptors (Lipinski definition) is 6. The molecular formula is C18H13FN4O3. The van der Waals surface area contributed by atoms with Gasteiger partial charge in [0, 0.05) is 0 Å². The summed E-state index contributed by atoms with van der Waals surface area (Å²) < 4.78 is 24.2. The molecule has 0 fully saturated rings. The number of halogens is 1. The van der Waals surface area contributed by atoms with Crippen LogP contribution in [0.2, 0.25) is 0 Å². The van der Waals surface area contributed by atoms with Crippen LogP contribution in [0.15, 0.2) is 40.8 Å². The minimum absolute atomic E-state index is 0.206. The smallest absolute Gasteiger partial charge is 0.251 e. The number of benzene rings is 2. The van der Waals surface area contributed by atoms with Gasteiger partial charge < -0.3 is 14.1 Å². The molecule has 2 aromatic carbocycles. The zero-order valence-electron chi connectivity index (χ0n) is 13.7. The van der Waals surface area contributed by atoms with Crippen LogP contribution in [-0.4, -0.2) is 33.6 Å². The normalized spacial score (nSPS) is 11.0. The fourth-order valence-electron chi connectivity index (χ4n) is 2.71.